The molecule has 0 saturated carbocycles. The van der Waals surface area contributed by atoms with Gasteiger partial charge in [0, 0.05) is 30.6 Å². The van der Waals surface area contributed by atoms with E-state index in [-0.39, 0.29) is 6.54 Å². The normalized spacial score (nSPS) is 12.2. The minimum absolute atomic E-state index is 0.280. The van der Waals surface area contributed by atoms with Crippen LogP contribution in [0.2, 0.25) is 0 Å². The fourth-order valence-corrected chi connectivity index (χ4v) is 5.53. The molecule has 20 heavy (non-hydrogen) atoms. The summed E-state index contributed by atoms with van der Waals surface area (Å²) >= 11 is 4.76. The summed E-state index contributed by atoms with van der Waals surface area (Å²) in [6.45, 7) is 0.923. The molecule has 0 radical (unpaired) electrons. The van der Waals surface area contributed by atoms with Gasteiger partial charge in [-0.05, 0) is 35.1 Å². The largest absolute Gasteiger partial charge is 0.472 e. The number of thiophene rings is 1. The lowest BCUT2D eigenvalue weighted by atomic mass is 10.3. The maximum Gasteiger partial charge on any atom is 0.245 e. The van der Waals surface area contributed by atoms with Crippen molar-refractivity contribution in [1.29, 1.82) is 0 Å². The predicted molar refractivity (Wildman–Crippen MR) is 82.1 cm³/mol. The molecule has 110 valence electrons. The minimum Gasteiger partial charge on any atom is -0.472 e. The highest BCUT2D eigenvalue weighted by Crippen LogP contribution is 2.33. The summed E-state index contributed by atoms with van der Waals surface area (Å²) in [4.78, 5) is 1.27. The van der Waals surface area contributed by atoms with Crippen molar-refractivity contribution in [3.8, 4) is 0 Å². The van der Waals surface area contributed by atoms with Gasteiger partial charge in [0.15, 0.2) is 0 Å². The number of sulfonamides is 1. The molecule has 2 rings (SSSR count). The monoisotopic (exact) mass is 378 g/mol. The quantitative estimate of drug-likeness (QED) is 0.838. The van der Waals surface area contributed by atoms with Crippen LogP contribution in [-0.4, -0.2) is 26.8 Å². The lowest BCUT2D eigenvalue weighted by molar-refractivity contribution is 0.463. The Morgan fingerprint density at radius 2 is 2.25 bits per heavy atom. The highest BCUT2D eigenvalue weighted by atomic mass is 79.9. The smallest absolute Gasteiger partial charge is 0.245 e. The summed E-state index contributed by atoms with van der Waals surface area (Å²) < 4.78 is 32.0. The van der Waals surface area contributed by atoms with Gasteiger partial charge >= 0.3 is 0 Å². The molecule has 8 heteroatoms. The van der Waals surface area contributed by atoms with E-state index in [1.54, 1.807) is 25.4 Å². The fraction of sp³-hybridized carbons (Fsp3) is 0.333. The first-order valence-corrected chi connectivity index (χ1v) is 8.90. The molecule has 2 heterocycles. The third-order valence-corrected chi connectivity index (χ3v) is 6.79. The molecule has 0 atom stereocenters. The van der Waals surface area contributed by atoms with E-state index in [2.05, 4.69) is 21.2 Å². The van der Waals surface area contributed by atoms with Crippen molar-refractivity contribution in [1.82, 2.24) is 9.62 Å². The topological polar surface area (TPSA) is 62.6 Å². The average molecular weight is 379 g/mol. The molecule has 0 aliphatic carbocycles. The van der Waals surface area contributed by atoms with E-state index in [0.29, 0.717) is 15.2 Å². The Bertz CT molecular complexity index is 665. The van der Waals surface area contributed by atoms with Crippen molar-refractivity contribution < 1.29 is 12.8 Å². The molecule has 0 spiro atoms. The molecule has 5 nitrogen and oxygen atoms in total. The van der Waals surface area contributed by atoms with Crippen LogP contribution in [0.5, 0.6) is 0 Å². The molecule has 0 fully saturated rings. The van der Waals surface area contributed by atoms with Crippen LogP contribution in [0.3, 0.4) is 0 Å². The summed E-state index contributed by atoms with van der Waals surface area (Å²) in [7, 11) is -0.130. The molecular formula is C12H15BrN2O3S2. The van der Waals surface area contributed by atoms with E-state index in [4.69, 9.17) is 4.42 Å². The Morgan fingerprint density at radius 1 is 1.50 bits per heavy atom. The molecule has 2 aromatic rings. The van der Waals surface area contributed by atoms with E-state index >= 15 is 0 Å². The highest BCUT2D eigenvalue weighted by Gasteiger charge is 2.25. The van der Waals surface area contributed by atoms with Crippen LogP contribution in [-0.2, 0) is 23.1 Å². The first-order chi connectivity index (χ1) is 9.45. The van der Waals surface area contributed by atoms with E-state index in [1.807, 2.05) is 7.05 Å². The standard InChI is InChI=1S/C12H15BrN2O3S2/c1-14-6-10-5-11(12(13)19-10)20(16,17)15(2)7-9-3-4-18-8-9/h3-5,8,14H,6-7H2,1-2H3. The Hall–Kier alpha value is -0.670. The number of furan rings is 1. The summed E-state index contributed by atoms with van der Waals surface area (Å²) in [5.74, 6) is 0. The zero-order chi connectivity index (χ0) is 14.8. The van der Waals surface area contributed by atoms with Gasteiger partial charge in [-0.25, -0.2) is 8.42 Å². The zero-order valence-electron chi connectivity index (χ0n) is 11.1. The number of rotatable bonds is 6. The molecule has 0 unspecified atom stereocenters. The maximum atomic E-state index is 12.5. The van der Waals surface area contributed by atoms with Gasteiger partial charge in [-0.1, -0.05) is 0 Å². The SMILES string of the molecule is CNCc1cc(S(=O)(=O)N(C)Cc2ccoc2)c(Br)s1. The minimum atomic E-state index is -3.52. The number of nitrogens with zero attached hydrogens (tertiary/aromatic N) is 1. The van der Waals surface area contributed by atoms with Crippen LogP contribution in [0.25, 0.3) is 0 Å². The second-order valence-electron chi connectivity index (χ2n) is 4.27. The van der Waals surface area contributed by atoms with Crippen molar-refractivity contribution >= 4 is 37.3 Å². The Kier molecular flexibility index (Phi) is 5.03. The van der Waals surface area contributed by atoms with Crippen LogP contribution in [0, 0.1) is 0 Å². The second kappa shape index (κ2) is 6.40. The molecule has 0 amide bonds. The van der Waals surface area contributed by atoms with Crippen molar-refractivity contribution in [3.63, 3.8) is 0 Å². The summed E-state index contributed by atoms with van der Waals surface area (Å²) in [5, 5.41) is 3.01. The number of halogens is 1. The van der Waals surface area contributed by atoms with Crippen LogP contribution in [0.15, 0.2) is 37.8 Å². The first kappa shape index (κ1) is 15.7. The highest BCUT2D eigenvalue weighted by molar-refractivity contribution is 9.11. The van der Waals surface area contributed by atoms with Gasteiger partial charge in [0.2, 0.25) is 10.0 Å². The van der Waals surface area contributed by atoms with Gasteiger partial charge in [0.1, 0.15) is 4.90 Å². The maximum absolute atomic E-state index is 12.5. The van der Waals surface area contributed by atoms with Gasteiger partial charge in [-0.3, -0.25) is 0 Å². The van der Waals surface area contributed by atoms with Crippen molar-refractivity contribution in [2.45, 2.75) is 18.0 Å². The van der Waals surface area contributed by atoms with E-state index < -0.39 is 10.0 Å². The second-order valence-corrected chi connectivity index (χ2v) is 8.74. The van der Waals surface area contributed by atoms with Crippen LogP contribution in [0.1, 0.15) is 10.4 Å². The van der Waals surface area contributed by atoms with Crippen molar-refractivity contribution in [3.05, 3.63) is 38.9 Å². The fourth-order valence-electron chi connectivity index (χ4n) is 1.73. The van der Waals surface area contributed by atoms with E-state index in [1.165, 1.54) is 21.9 Å². The lowest BCUT2D eigenvalue weighted by Gasteiger charge is -2.15. The lowest BCUT2D eigenvalue weighted by Crippen LogP contribution is -2.26. The van der Waals surface area contributed by atoms with E-state index in [9.17, 15) is 8.42 Å². The van der Waals surface area contributed by atoms with Crippen molar-refractivity contribution in [2.75, 3.05) is 14.1 Å². The molecular weight excluding hydrogens is 364 g/mol. The van der Waals surface area contributed by atoms with E-state index in [0.717, 1.165) is 10.4 Å². The van der Waals surface area contributed by atoms with Gasteiger partial charge in [-0.2, -0.15) is 4.31 Å². The third-order valence-electron chi connectivity index (χ3n) is 2.73. The molecule has 1 N–H and O–H groups in total. The van der Waals surface area contributed by atoms with Crippen LogP contribution in [0.4, 0.5) is 0 Å². The number of hydrogen-bond acceptors (Lipinski definition) is 5. The van der Waals surface area contributed by atoms with Crippen LogP contribution >= 0.6 is 27.3 Å². The van der Waals surface area contributed by atoms with Gasteiger partial charge in [0.25, 0.3) is 0 Å². The number of hydrogen-bond donors (Lipinski definition) is 1. The Morgan fingerprint density at radius 3 is 2.85 bits per heavy atom. The average Bonchev–Trinajstić information content (AvgIpc) is 2.99. The molecule has 0 aromatic carbocycles. The summed E-state index contributed by atoms with van der Waals surface area (Å²) in [6, 6.07) is 3.45. The number of nitrogens with one attached hydrogen (secondary N) is 1. The van der Waals surface area contributed by atoms with Crippen molar-refractivity contribution in [2.24, 2.45) is 0 Å². The van der Waals surface area contributed by atoms with Crippen LogP contribution < -0.4 is 5.32 Å². The molecule has 0 aliphatic rings. The third kappa shape index (κ3) is 3.32. The summed E-state index contributed by atoms with van der Waals surface area (Å²) in [6.07, 6.45) is 3.07. The predicted octanol–water partition coefficient (Wildman–Crippen LogP) is 2.64. The zero-order valence-corrected chi connectivity index (χ0v) is 14.3. The Labute approximate surface area is 130 Å². The summed E-state index contributed by atoms with van der Waals surface area (Å²) in [5.41, 5.74) is 0.817. The van der Waals surface area contributed by atoms with Gasteiger partial charge in [-0.15, -0.1) is 11.3 Å². The molecule has 0 aliphatic heterocycles. The van der Waals surface area contributed by atoms with Gasteiger partial charge in [0.05, 0.1) is 16.3 Å². The van der Waals surface area contributed by atoms with Gasteiger partial charge < -0.3 is 9.73 Å². The first-order valence-electron chi connectivity index (χ1n) is 5.85. The molecule has 2 aromatic heterocycles. The Balaban J connectivity index is 2.25. The molecule has 0 saturated heterocycles. The molecule has 0 bridgehead atoms.